The van der Waals surface area contributed by atoms with Gasteiger partial charge < -0.3 is 19.2 Å². The average Bonchev–Trinajstić information content (AvgIpc) is 2.82. The molecule has 0 aromatic heterocycles. The van der Waals surface area contributed by atoms with Gasteiger partial charge in [0.25, 0.3) is 15.3 Å². The molecule has 0 atom stereocenters. The number of carbonyl (C=O) groups excluding carboxylic acids is 1. The predicted octanol–water partition coefficient (Wildman–Crippen LogP) is 4.67. The molecule has 0 aromatic rings. The molecule has 1 rings (SSSR count). The highest BCUT2D eigenvalue weighted by molar-refractivity contribution is 5.83. The second-order valence-electron chi connectivity index (χ2n) is 10.0. The molecule has 1 aliphatic rings. The molecule has 0 saturated heterocycles. The Morgan fingerprint density at radius 1 is 0.923 bits per heavy atom. The first kappa shape index (κ1) is 32.8. The topological polar surface area (TPSA) is 183 Å². The SMILES string of the molecule is CC1=C(/C=C/C(C)=C/C=C/C(C)=C/C(=O)OCC(CO[N+](=O)[O-])(CO[N+](=O)[O-])CO[N+](=O)[O-])C(C)(C)CCC1. The number of hydrogen-bond donors (Lipinski definition) is 0. The highest BCUT2D eigenvalue weighted by Crippen LogP contribution is 2.40. The molecule has 0 bridgehead atoms. The van der Waals surface area contributed by atoms with Crippen LogP contribution in [0.15, 0.2) is 58.7 Å². The fourth-order valence-corrected chi connectivity index (χ4v) is 3.95. The lowest BCUT2D eigenvalue weighted by Gasteiger charge is -2.32. The smallest absolute Gasteiger partial charge is 0.331 e. The molecule has 0 N–H and O–H groups in total. The monoisotopic (exact) mass is 553 g/mol. The molecule has 39 heavy (non-hydrogen) atoms. The summed E-state index contributed by atoms with van der Waals surface area (Å²) >= 11 is 0. The van der Waals surface area contributed by atoms with Crippen LogP contribution in [-0.4, -0.2) is 47.7 Å². The molecule has 216 valence electrons. The molecule has 0 fully saturated rings. The molecule has 0 heterocycles. The van der Waals surface area contributed by atoms with Gasteiger partial charge in [-0.1, -0.05) is 55.4 Å². The Morgan fingerprint density at radius 3 is 1.95 bits per heavy atom. The van der Waals surface area contributed by atoms with Crippen LogP contribution in [0.4, 0.5) is 0 Å². The molecular weight excluding hydrogens is 518 g/mol. The highest BCUT2D eigenvalue weighted by Gasteiger charge is 2.37. The first-order valence-corrected chi connectivity index (χ1v) is 12.1. The third-order valence-corrected chi connectivity index (χ3v) is 6.07. The molecule has 0 radical (unpaired) electrons. The van der Waals surface area contributed by atoms with Crippen molar-refractivity contribution >= 4 is 5.97 Å². The molecule has 0 amide bonds. The number of nitrogens with zero attached hydrogens (tertiary/aromatic N) is 3. The summed E-state index contributed by atoms with van der Waals surface area (Å²) in [5.74, 6) is -0.896. The Balaban J connectivity index is 2.88. The van der Waals surface area contributed by atoms with E-state index in [1.165, 1.54) is 17.6 Å². The molecule has 0 aromatic carbocycles. The fraction of sp³-hybridized carbons (Fsp3) is 0.560. The first-order valence-electron chi connectivity index (χ1n) is 12.1. The van der Waals surface area contributed by atoms with Gasteiger partial charge in [-0.25, -0.2) is 4.79 Å². The lowest BCUT2D eigenvalue weighted by atomic mass is 9.72. The van der Waals surface area contributed by atoms with Crippen LogP contribution in [-0.2, 0) is 24.0 Å². The summed E-state index contributed by atoms with van der Waals surface area (Å²) in [5, 5.41) is 28.2. The normalized spacial score (nSPS) is 16.3. The van der Waals surface area contributed by atoms with Crippen LogP contribution in [0.5, 0.6) is 0 Å². The van der Waals surface area contributed by atoms with Crippen molar-refractivity contribution in [2.45, 2.75) is 53.9 Å². The molecular formula is C25H35N3O11. The minimum Gasteiger partial charge on any atom is -0.462 e. The zero-order valence-electron chi connectivity index (χ0n) is 22.7. The lowest BCUT2D eigenvalue weighted by molar-refractivity contribution is -0.782. The zero-order chi connectivity index (χ0) is 29.6. The number of rotatable bonds is 16. The van der Waals surface area contributed by atoms with Gasteiger partial charge in [0, 0.05) is 6.08 Å². The fourth-order valence-electron chi connectivity index (χ4n) is 3.95. The van der Waals surface area contributed by atoms with E-state index in [2.05, 4.69) is 41.4 Å². The summed E-state index contributed by atoms with van der Waals surface area (Å²) in [6, 6.07) is 0. The van der Waals surface area contributed by atoms with E-state index < -0.39 is 53.1 Å². The van der Waals surface area contributed by atoms with Crippen molar-refractivity contribution < 1.29 is 39.3 Å². The van der Waals surface area contributed by atoms with E-state index in [4.69, 9.17) is 4.74 Å². The quantitative estimate of drug-likeness (QED) is 0.0850. The Kier molecular flexibility index (Phi) is 12.8. The largest absolute Gasteiger partial charge is 0.462 e. The van der Waals surface area contributed by atoms with E-state index in [-0.39, 0.29) is 5.41 Å². The van der Waals surface area contributed by atoms with Crippen LogP contribution in [0.2, 0.25) is 0 Å². The molecule has 0 spiro atoms. The number of hydrogen-bond acceptors (Lipinski definition) is 11. The van der Waals surface area contributed by atoms with Crippen LogP contribution in [0.25, 0.3) is 0 Å². The van der Waals surface area contributed by atoms with Gasteiger partial charge in [-0.2, -0.15) is 0 Å². The number of ether oxygens (including phenoxy) is 1. The van der Waals surface area contributed by atoms with E-state index in [0.717, 1.165) is 24.5 Å². The van der Waals surface area contributed by atoms with Gasteiger partial charge in [0.2, 0.25) is 0 Å². The van der Waals surface area contributed by atoms with Crippen LogP contribution in [0.1, 0.15) is 53.9 Å². The Bertz CT molecular complexity index is 1030. The Morgan fingerprint density at radius 2 is 1.46 bits per heavy atom. The van der Waals surface area contributed by atoms with Crippen LogP contribution in [0, 0.1) is 41.2 Å². The van der Waals surface area contributed by atoms with Crippen molar-refractivity contribution in [1.29, 1.82) is 0 Å². The maximum Gasteiger partial charge on any atom is 0.331 e. The van der Waals surface area contributed by atoms with Gasteiger partial charge in [-0.05, 0) is 56.6 Å². The van der Waals surface area contributed by atoms with Crippen molar-refractivity contribution in [3.8, 4) is 0 Å². The van der Waals surface area contributed by atoms with Gasteiger partial charge in [-0.15, -0.1) is 30.3 Å². The van der Waals surface area contributed by atoms with Crippen molar-refractivity contribution in [3.05, 3.63) is 89.1 Å². The predicted molar refractivity (Wildman–Crippen MR) is 138 cm³/mol. The first-order chi connectivity index (χ1) is 18.2. The molecule has 1 aliphatic carbocycles. The maximum atomic E-state index is 12.3. The van der Waals surface area contributed by atoms with Crippen LogP contribution < -0.4 is 0 Å². The van der Waals surface area contributed by atoms with Gasteiger partial charge in [0.15, 0.2) is 0 Å². The molecule has 0 aliphatic heterocycles. The van der Waals surface area contributed by atoms with E-state index in [1.807, 2.05) is 19.1 Å². The van der Waals surface area contributed by atoms with E-state index in [0.29, 0.717) is 5.57 Å². The highest BCUT2D eigenvalue weighted by atomic mass is 17.0. The van der Waals surface area contributed by atoms with Crippen LogP contribution >= 0.6 is 0 Å². The lowest BCUT2D eigenvalue weighted by Crippen LogP contribution is -2.43. The number of carbonyl (C=O) groups is 1. The van der Waals surface area contributed by atoms with E-state index >= 15 is 0 Å². The van der Waals surface area contributed by atoms with Crippen molar-refractivity contribution in [2.75, 3.05) is 26.4 Å². The van der Waals surface area contributed by atoms with Gasteiger partial charge in [-0.3, -0.25) is 0 Å². The summed E-state index contributed by atoms with van der Waals surface area (Å²) in [5.41, 5.74) is 2.45. The van der Waals surface area contributed by atoms with Gasteiger partial charge >= 0.3 is 5.97 Å². The molecule has 0 unspecified atom stereocenters. The van der Waals surface area contributed by atoms with Gasteiger partial charge in [0.05, 0.1) is 5.41 Å². The molecule has 14 nitrogen and oxygen atoms in total. The maximum absolute atomic E-state index is 12.3. The second-order valence-corrected chi connectivity index (χ2v) is 10.0. The van der Waals surface area contributed by atoms with Crippen LogP contribution in [0.3, 0.4) is 0 Å². The number of esters is 1. The van der Waals surface area contributed by atoms with Crippen molar-refractivity contribution in [1.82, 2.24) is 0 Å². The Labute approximate surface area is 225 Å². The summed E-state index contributed by atoms with van der Waals surface area (Å²) in [7, 11) is 0. The van der Waals surface area contributed by atoms with Crippen molar-refractivity contribution in [2.24, 2.45) is 10.8 Å². The Hall–Kier alpha value is -4.23. The van der Waals surface area contributed by atoms with Gasteiger partial charge in [0.1, 0.15) is 26.4 Å². The van der Waals surface area contributed by atoms with E-state index in [9.17, 15) is 35.1 Å². The average molecular weight is 554 g/mol. The molecule has 14 heteroatoms. The number of allylic oxidation sites excluding steroid dienone is 9. The summed E-state index contributed by atoms with van der Waals surface area (Å²) in [6.45, 7) is 6.68. The second kappa shape index (κ2) is 15.2. The summed E-state index contributed by atoms with van der Waals surface area (Å²) < 4.78 is 5.05. The van der Waals surface area contributed by atoms with E-state index in [1.54, 1.807) is 19.1 Å². The third kappa shape index (κ3) is 12.7. The molecule has 0 saturated carbocycles. The minimum atomic E-state index is -1.91. The minimum absolute atomic E-state index is 0.132. The summed E-state index contributed by atoms with van der Waals surface area (Å²) in [4.78, 5) is 56.8. The third-order valence-electron chi connectivity index (χ3n) is 6.07. The zero-order valence-corrected chi connectivity index (χ0v) is 22.7. The standard InChI is InChI=1S/C25H35N3O11/c1-19(11-12-22-21(3)10-7-13-24(22,4)5)8-6-9-20(2)14-23(29)36-15-25(16-37-26(30)31,17-38-27(32)33)18-39-28(34)35/h6,8-9,11-12,14H,7,10,13,15-18H2,1-5H3/b9-6+,12-11+,19-8+,20-14+. The summed E-state index contributed by atoms with van der Waals surface area (Å²) in [6.07, 6.45) is 14.0. The van der Waals surface area contributed by atoms with Crippen molar-refractivity contribution in [3.63, 3.8) is 0 Å².